The van der Waals surface area contributed by atoms with Crippen molar-refractivity contribution >= 4 is 38.4 Å². The second kappa shape index (κ2) is 7.09. The molecule has 0 radical (unpaired) electrons. The molecule has 10 heteroatoms. The summed E-state index contributed by atoms with van der Waals surface area (Å²) in [4.78, 5) is 18.9. The first-order valence-electron chi connectivity index (χ1n) is 11.1. The van der Waals surface area contributed by atoms with Crippen LogP contribution < -0.4 is 10.2 Å². The van der Waals surface area contributed by atoms with Gasteiger partial charge in [0.15, 0.2) is 5.82 Å². The lowest BCUT2D eigenvalue weighted by molar-refractivity contribution is -0.00267. The van der Waals surface area contributed by atoms with Crippen molar-refractivity contribution in [3.8, 4) is 0 Å². The molecule has 9 nitrogen and oxygen atoms in total. The number of nitrogens with one attached hydrogen (secondary N) is 1. The third-order valence-electron chi connectivity index (χ3n) is 6.86. The molecule has 1 aromatic carbocycles. The zero-order chi connectivity index (χ0) is 23.0. The molecule has 0 atom stereocenters. The second-order valence-electron chi connectivity index (χ2n) is 9.89. The molecule has 2 aromatic heterocycles. The molecule has 172 valence electrons. The third-order valence-corrected chi connectivity index (χ3v) is 8.06. The Morgan fingerprint density at radius 1 is 1.03 bits per heavy atom. The van der Waals surface area contributed by atoms with E-state index in [-0.39, 0.29) is 0 Å². The predicted octanol–water partition coefficient (Wildman–Crippen LogP) is 2.10. The highest BCUT2D eigenvalue weighted by atomic mass is 32.2. The van der Waals surface area contributed by atoms with Crippen molar-refractivity contribution < 1.29 is 8.42 Å². The van der Waals surface area contributed by atoms with Crippen molar-refractivity contribution in [3.05, 3.63) is 47.3 Å². The topological polar surface area (TPSA) is 94.6 Å². The van der Waals surface area contributed by atoms with Crippen LogP contribution in [0.5, 0.6) is 0 Å². The van der Waals surface area contributed by atoms with Crippen LogP contribution in [0.3, 0.4) is 0 Å². The Morgan fingerprint density at radius 3 is 2.52 bits per heavy atom. The van der Waals surface area contributed by atoms with E-state index in [4.69, 9.17) is 9.97 Å². The molecule has 2 fully saturated rings. The van der Waals surface area contributed by atoms with Crippen molar-refractivity contribution in [1.82, 2.24) is 24.2 Å². The Bertz CT molecular complexity index is 1380. The molecule has 3 aliphatic heterocycles. The van der Waals surface area contributed by atoms with Crippen LogP contribution in [0.25, 0.3) is 10.9 Å². The van der Waals surface area contributed by atoms with Gasteiger partial charge in [-0.15, -0.1) is 0 Å². The van der Waals surface area contributed by atoms with E-state index in [1.54, 1.807) is 0 Å². The summed E-state index contributed by atoms with van der Waals surface area (Å²) in [5.74, 6) is 1.43. The van der Waals surface area contributed by atoms with Gasteiger partial charge in [0, 0.05) is 67.6 Å². The van der Waals surface area contributed by atoms with Gasteiger partial charge < -0.3 is 15.1 Å². The van der Waals surface area contributed by atoms with Crippen molar-refractivity contribution in [3.63, 3.8) is 0 Å². The van der Waals surface area contributed by atoms with Crippen LogP contribution in [0.4, 0.5) is 17.5 Å². The fourth-order valence-electron chi connectivity index (χ4n) is 5.45. The standard InChI is InChI=1S/C23H27N7O2S/c1-15-6-17-8-24-22(26-19-5-4-16-9-30(33(3,31)32)10-18(16)7-19)27-20(17)21(25-15)29-13-23(14-29)11-28(2)12-23/h4-8H,9-14H2,1-3H3,(H,24,26,27). The average molecular weight is 466 g/mol. The maximum absolute atomic E-state index is 11.9. The summed E-state index contributed by atoms with van der Waals surface area (Å²) in [6.45, 7) is 7.12. The van der Waals surface area contributed by atoms with Gasteiger partial charge >= 0.3 is 0 Å². The minimum absolute atomic E-state index is 0.390. The van der Waals surface area contributed by atoms with Crippen molar-refractivity contribution in [2.75, 3.05) is 49.7 Å². The first-order valence-corrected chi connectivity index (χ1v) is 12.9. The predicted molar refractivity (Wildman–Crippen MR) is 128 cm³/mol. The Balaban J connectivity index is 1.27. The molecule has 1 N–H and O–H groups in total. The van der Waals surface area contributed by atoms with Gasteiger partial charge in [0.2, 0.25) is 16.0 Å². The van der Waals surface area contributed by atoms with Gasteiger partial charge in [-0.3, -0.25) is 0 Å². The van der Waals surface area contributed by atoms with Gasteiger partial charge in [-0.05, 0) is 43.3 Å². The van der Waals surface area contributed by atoms with Crippen LogP contribution in [0.15, 0.2) is 30.5 Å². The Kier molecular flexibility index (Phi) is 4.46. The highest BCUT2D eigenvalue weighted by molar-refractivity contribution is 7.88. The lowest BCUT2D eigenvalue weighted by Crippen LogP contribution is -2.71. The van der Waals surface area contributed by atoms with Crippen LogP contribution in [-0.4, -0.2) is 72.1 Å². The van der Waals surface area contributed by atoms with Crippen molar-refractivity contribution in [2.24, 2.45) is 5.41 Å². The number of fused-ring (bicyclic) bond motifs is 2. The van der Waals surface area contributed by atoms with Crippen LogP contribution >= 0.6 is 0 Å². The molecular formula is C23H27N7O2S. The number of hydrogen-bond acceptors (Lipinski definition) is 8. The summed E-state index contributed by atoms with van der Waals surface area (Å²) in [6, 6.07) is 7.91. The molecule has 3 aliphatic rings. The van der Waals surface area contributed by atoms with Gasteiger partial charge in [0.1, 0.15) is 5.52 Å². The summed E-state index contributed by atoms with van der Waals surface area (Å²) >= 11 is 0. The first-order chi connectivity index (χ1) is 15.7. The van der Waals surface area contributed by atoms with E-state index < -0.39 is 10.0 Å². The summed E-state index contributed by atoms with van der Waals surface area (Å²) in [5, 5.41) is 4.28. The van der Waals surface area contributed by atoms with Crippen molar-refractivity contribution in [1.29, 1.82) is 0 Å². The van der Waals surface area contributed by atoms with Crippen LogP contribution in [-0.2, 0) is 23.1 Å². The summed E-state index contributed by atoms with van der Waals surface area (Å²) < 4.78 is 25.3. The van der Waals surface area contributed by atoms with Gasteiger partial charge in [0.05, 0.1) is 6.26 Å². The number of aromatic nitrogens is 3. The minimum Gasteiger partial charge on any atom is -0.353 e. The molecule has 0 aliphatic carbocycles. The van der Waals surface area contributed by atoms with Crippen molar-refractivity contribution in [2.45, 2.75) is 20.0 Å². The third kappa shape index (κ3) is 3.62. The number of benzene rings is 1. The largest absolute Gasteiger partial charge is 0.353 e. The van der Waals surface area contributed by atoms with E-state index in [1.807, 2.05) is 37.4 Å². The maximum Gasteiger partial charge on any atom is 0.227 e. The minimum atomic E-state index is -3.22. The number of pyridine rings is 1. The molecule has 6 rings (SSSR count). The molecule has 5 heterocycles. The number of aryl methyl sites for hydroxylation is 1. The summed E-state index contributed by atoms with van der Waals surface area (Å²) in [5.41, 5.74) is 5.09. The molecule has 0 unspecified atom stereocenters. The van der Waals surface area contributed by atoms with Crippen LogP contribution in [0.2, 0.25) is 0 Å². The second-order valence-corrected chi connectivity index (χ2v) is 11.9. The summed E-state index contributed by atoms with van der Waals surface area (Å²) in [6.07, 6.45) is 3.09. The van der Waals surface area contributed by atoms with E-state index in [0.29, 0.717) is 24.5 Å². The van der Waals surface area contributed by atoms with Gasteiger partial charge in [-0.1, -0.05) is 6.07 Å². The van der Waals surface area contributed by atoms with Crippen LogP contribution in [0.1, 0.15) is 16.8 Å². The number of sulfonamides is 1. The number of nitrogens with zero attached hydrogens (tertiary/aromatic N) is 6. The van der Waals surface area contributed by atoms with E-state index in [1.165, 1.54) is 10.6 Å². The molecule has 2 saturated heterocycles. The lowest BCUT2D eigenvalue weighted by Gasteiger charge is -2.59. The monoisotopic (exact) mass is 465 g/mol. The molecule has 3 aromatic rings. The van der Waals surface area contributed by atoms with E-state index >= 15 is 0 Å². The molecule has 33 heavy (non-hydrogen) atoms. The zero-order valence-electron chi connectivity index (χ0n) is 19.0. The number of likely N-dealkylation sites (tertiary alicyclic amines) is 1. The fourth-order valence-corrected chi connectivity index (χ4v) is 6.20. The lowest BCUT2D eigenvalue weighted by atomic mass is 9.73. The van der Waals surface area contributed by atoms with Crippen LogP contribution in [0, 0.1) is 12.3 Å². The van der Waals surface area contributed by atoms with E-state index in [9.17, 15) is 8.42 Å². The number of rotatable bonds is 4. The fraction of sp³-hybridized carbons (Fsp3) is 0.435. The number of hydrogen-bond donors (Lipinski definition) is 1. The van der Waals surface area contributed by atoms with E-state index in [0.717, 1.165) is 65.4 Å². The van der Waals surface area contributed by atoms with Gasteiger partial charge in [0.25, 0.3) is 0 Å². The highest BCUT2D eigenvalue weighted by Gasteiger charge is 2.51. The SMILES string of the molecule is Cc1cc2cnc(Nc3ccc4c(c3)CN(S(C)(=O)=O)C4)nc2c(N2CC3(CN(C)C3)C2)n1. The summed E-state index contributed by atoms with van der Waals surface area (Å²) in [7, 11) is -1.05. The molecule has 0 bridgehead atoms. The average Bonchev–Trinajstić information content (AvgIpc) is 3.13. The van der Waals surface area contributed by atoms with Gasteiger partial charge in [-0.25, -0.2) is 23.4 Å². The Hall–Kier alpha value is -2.82. The Morgan fingerprint density at radius 2 is 1.79 bits per heavy atom. The Labute approximate surface area is 193 Å². The maximum atomic E-state index is 11.9. The van der Waals surface area contributed by atoms with Gasteiger partial charge in [-0.2, -0.15) is 4.31 Å². The molecule has 0 amide bonds. The highest BCUT2D eigenvalue weighted by Crippen LogP contribution is 2.42. The normalized spacial score (nSPS) is 20.0. The molecular weight excluding hydrogens is 438 g/mol. The number of anilines is 3. The zero-order valence-corrected chi connectivity index (χ0v) is 19.9. The smallest absolute Gasteiger partial charge is 0.227 e. The van der Waals surface area contributed by atoms with E-state index in [2.05, 4.69) is 27.1 Å². The quantitative estimate of drug-likeness (QED) is 0.626. The molecule has 0 saturated carbocycles. The molecule has 1 spiro atoms. The first kappa shape index (κ1) is 20.8.